The molecule has 2 aromatic heterocycles. The summed E-state index contributed by atoms with van der Waals surface area (Å²) in [6.07, 6.45) is -7.23. The number of hydrogen-bond donors (Lipinski definition) is 1. The largest absolute Gasteiger partial charge is 0.573 e. The smallest absolute Gasteiger partial charge is 0.435 e. The number of anilines is 1. The zero-order valence-corrected chi connectivity index (χ0v) is 16.1. The molecule has 0 saturated heterocycles. The van der Waals surface area contributed by atoms with E-state index in [1.165, 1.54) is 24.5 Å². The molecule has 0 aliphatic heterocycles. The molecule has 168 valence electrons. The standard InChI is InChI=1S/C18H9ClF6N4O3/c19-12-6-10(32-18(23,24)25)3-4-13(12)31-16-11(7-14(28-29-16)17(20,21)22)15(30)27-9-2-1-5-26-8-9/h1-8H,(H,27,30). The van der Waals surface area contributed by atoms with Crippen molar-refractivity contribution in [2.24, 2.45) is 0 Å². The molecule has 14 heteroatoms. The van der Waals surface area contributed by atoms with Crippen molar-refractivity contribution >= 4 is 23.2 Å². The van der Waals surface area contributed by atoms with E-state index in [9.17, 15) is 31.1 Å². The molecule has 32 heavy (non-hydrogen) atoms. The van der Waals surface area contributed by atoms with Crippen LogP contribution in [0.15, 0.2) is 48.8 Å². The number of pyridine rings is 1. The highest BCUT2D eigenvalue weighted by atomic mass is 35.5. The lowest BCUT2D eigenvalue weighted by Crippen LogP contribution is -2.18. The fourth-order valence-corrected chi connectivity index (χ4v) is 2.47. The highest BCUT2D eigenvalue weighted by molar-refractivity contribution is 6.32. The number of hydrogen-bond acceptors (Lipinski definition) is 6. The number of amides is 1. The SMILES string of the molecule is O=C(Nc1cccnc1)c1cc(C(F)(F)F)nnc1Oc1ccc(OC(F)(F)F)cc1Cl. The van der Waals surface area contributed by atoms with Crippen LogP contribution in [0.25, 0.3) is 0 Å². The summed E-state index contributed by atoms with van der Waals surface area (Å²) in [6.45, 7) is 0. The van der Waals surface area contributed by atoms with Crippen LogP contribution in [0.4, 0.5) is 32.0 Å². The number of carbonyl (C=O) groups excluding carboxylic acids is 1. The average Bonchev–Trinajstić information content (AvgIpc) is 2.69. The number of ether oxygens (including phenoxy) is 2. The number of rotatable bonds is 5. The molecule has 3 rings (SSSR count). The molecule has 3 aromatic rings. The lowest BCUT2D eigenvalue weighted by atomic mass is 10.2. The van der Waals surface area contributed by atoms with Crippen LogP contribution in [0.3, 0.4) is 0 Å². The molecule has 0 spiro atoms. The van der Waals surface area contributed by atoms with Crippen LogP contribution in [0.2, 0.25) is 5.02 Å². The molecule has 0 bridgehead atoms. The molecule has 0 atom stereocenters. The summed E-state index contributed by atoms with van der Waals surface area (Å²) in [5.41, 5.74) is -1.97. The fraction of sp³-hybridized carbons (Fsp3) is 0.111. The van der Waals surface area contributed by atoms with E-state index in [2.05, 4.69) is 25.2 Å². The normalized spacial score (nSPS) is 11.7. The van der Waals surface area contributed by atoms with Gasteiger partial charge in [-0.3, -0.25) is 9.78 Å². The van der Waals surface area contributed by atoms with Crippen molar-refractivity contribution in [1.82, 2.24) is 15.2 Å². The molecular formula is C18H9ClF6N4O3. The molecule has 7 nitrogen and oxygen atoms in total. The molecule has 0 aliphatic rings. The zero-order valence-electron chi connectivity index (χ0n) is 15.3. The van der Waals surface area contributed by atoms with Crippen molar-refractivity contribution in [1.29, 1.82) is 0 Å². The van der Waals surface area contributed by atoms with Gasteiger partial charge in [0, 0.05) is 12.3 Å². The fourth-order valence-electron chi connectivity index (χ4n) is 2.26. The molecular weight excluding hydrogens is 470 g/mol. The summed E-state index contributed by atoms with van der Waals surface area (Å²) in [7, 11) is 0. The van der Waals surface area contributed by atoms with Gasteiger partial charge in [-0.2, -0.15) is 13.2 Å². The Bertz CT molecular complexity index is 1130. The van der Waals surface area contributed by atoms with E-state index in [4.69, 9.17) is 16.3 Å². The van der Waals surface area contributed by atoms with Crippen LogP contribution < -0.4 is 14.8 Å². The molecule has 1 aromatic carbocycles. The van der Waals surface area contributed by atoms with Crippen molar-refractivity contribution < 1.29 is 40.6 Å². The van der Waals surface area contributed by atoms with Gasteiger partial charge in [0.1, 0.15) is 17.1 Å². The second-order valence-electron chi connectivity index (χ2n) is 5.88. The van der Waals surface area contributed by atoms with Gasteiger partial charge >= 0.3 is 12.5 Å². The minimum atomic E-state index is -4.97. The van der Waals surface area contributed by atoms with E-state index in [0.29, 0.717) is 6.07 Å². The van der Waals surface area contributed by atoms with E-state index >= 15 is 0 Å². The number of nitrogens with zero attached hydrogens (tertiary/aromatic N) is 3. The maximum atomic E-state index is 13.0. The summed E-state index contributed by atoms with van der Waals surface area (Å²) >= 11 is 5.86. The average molecular weight is 479 g/mol. The number of halogens is 7. The Balaban J connectivity index is 1.94. The summed E-state index contributed by atoms with van der Waals surface area (Å²) < 4.78 is 85.1. The molecule has 0 fully saturated rings. The van der Waals surface area contributed by atoms with Gasteiger partial charge in [0.2, 0.25) is 0 Å². The topological polar surface area (TPSA) is 86.2 Å². The third-order valence-corrected chi connectivity index (χ3v) is 3.85. The first-order chi connectivity index (χ1) is 14.9. The Morgan fingerprint density at radius 3 is 2.38 bits per heavy atom. The molecule has 0 unspecified atom stereocenters. The summed E-state index contributed by atoms with van der Waals surface area (Å²) in [6, 6.07) is 5.87. The number of carbonyl (C=O) groups is 1. The van der Waals surface area contributed by atoms with Crippen molar-refractivity contribution in [3.8, 4) is 17.4 Å². The van der Waals surface area contributed by atoms with E-state index < -0.39 is 46.4 Å². The third kappa shape index (κ3) is 5.97. The minimum absolute atomic E-state index is 0.167. The quantitative estimate of drug-likeness (QED) is 0.488. The van der Waals surface area contributed by atoms with Crippen LogP contribution in [0.5, 0.6) is 17.4 Å². The lowest BCUT2D eigenvalue weighted by molar-refractivity contribution is -0.274. The Morgan fingerprint density at radius 2 is 1.78 bits per heavy atom. The number of alkyl halides is 6. The van der Waals surface area contributed by atoms with E-state index in [-0.39, 0.29) is 11.4 Å². The predicted molar refractivity (Wildman–Crippen MR) is 97.4 cm³/mol. The maximum absolute atomic E-state index is 13.0. The van der Waals surface area contributed by atoms with Gasteiger partial charge in [0.15, 0.2) is 5.69 Å². The van der Waals surface area contributed by atoms with Gasteiger partial charge in [-0.25, -0.2) is 0 Å². The molecule has 2 heterocycles. The second-order valence-corrected chi connectivity index (χ2v) is 6.29. The molecule has 0 radical (unpaired) electrons. The molecule has 0 aliphatic carbocycles. The van der Waals surface area contributed by atoms with Crippen molar-refractivity contribution in [3.05, 3.63) is 65.1 Å². The van der Waals surface area contributed by atoms with E-state index in [0.717, 1.165) is 18.2 Å². The van der Waals surface area contributed by atoms with Gasteiger partial charge in [0.05, 0.1) is 16.9 Å². The molecule has 0 saturated carbocycles. The monoisotopic (exact) mass is 478 g/mol. The van der Waals surface area contributed by atoms with Gasteiger partial charge in [0.25, 0.3) is 11.8 Å². The van der Waals surface area contributed by atoms with E-state index in [1.807, 2.05) is 0 Å². The van der Waals surface area contributed by atoms with Crippen LogP contribution in [0, 0.1) is 0 Å². The van der Waals surface area contributed by atoms with Gasteiger partial charge in [-0.15, -0.1) is 23.4 Å². The molecule has 1 amide bonds. The summed E-state index contributed by atoms with van der Waals surface area (Å²) in [5, 5.41) is 8.19. The minimum Gasteiger partial charge on any atom is -0.435 e. The van der Waals surface area contributed by atoms with Crippen LogP contribution in [-0.2, 0) is 6.18 Å². The van der Waals surface area contributed by atoms with Crippen molar-refractivity contribution in [2.75, 3.05) is 5.32 Å². The van der Waals surface area contributed by atoms with E-state index in [1.54, 1.807) is 0 Å². The van der Waals surface area contributed by atoms with Gasteiger partial charge < -0.3 is 14.8 Å². The summed E-state index contributed by atoms with van der Waals surface area (Å²) in [4.78, 5) is 16.3. The maximum Gasteiger partial charge on any atom is 0.573 e. The van der Waals surface area contributed by atoms with Crippen molar-refractivity contribution in [2.45, 2.75) is 12.5 Å². The number of aromatic nitrogens is 3. The highest BCUT2D eigenvalue weighted by Gasteiger charge is 2.35. The Morgan fingerprint density at radius 1 is 1.03 bits per heavy atom. The zero-order chi connectivity index (χ0) is 23.5. The lowest BCUT2D eigenvalue weighted by Gasteiger charge is -2.14. The molecule has 1 N–H and O–H groups in total. The Labute approximate surface area is 180 Å². The van der Waals surface area contributed by atoms with Gasteiger partial charge in [-0.05, 0) is 30.3 Å². The van der Waals surface area contributed by atoms with Crippen LogP contribution in [0.1, 0.15) is 16.1 Å². The van der Waals surface area contributed by atoms with Crippen molar-refractivity contribution in [3.63, 3.8) is 0 Å². The Hall–Kier alpha value is -3.61. The van der Waals surface area contributed by atoms with Gasteiger partial charge in [-0.1, -0.05) is 11.6 Å². The van der Waals surface area contributed by atoms with Crippen LogP contribution in [-0.4, -0.2) is 27.5 Å². The first kappa shape index (κ1) is 23.1. The summed E-state index contributed by atoms with van der Waals surface area (Å²) in [5.74, 6) is -2.69. The first-order valence-electron chi connectivity index (χ1n) is 8.32. The highest BCUT2D eigenvalue weighted by Crippen LogP contribution is 2.36. The number of benzene rings is 1. The second kappa shape index (κ2) is 8.86. The van der Waals surface area contributed by atoms with Crippen LogP contribution >= 0.6 is 11.6 Å². The third-order valence-electron chi connectivity index (χ3n) is 3.56. The Kier molecular flexibility index (Phi) is 6.39. The number of nitrogens with one attached hydrogen (secondary N) is 1. The first-order valence-corrected chi connectivity index (χ1v) is 8.69. The predicted octanol–water partition coefficient (Wildman–Crippen LogP) is 5.49.